The number of amides is 2. The van der Waals surface area contributed by atoms with Crippen LogP contribution in [0.1, 0.15) is 38.3 Å². The highest BCUT2D eigenvalue weighted by molar-refractivity contribution is 5.97. The maximum Gasteiger partial charge on any atom is 0.257 e. The zero-order valence-electron chi connectivity index (χ0n) is 16.2. The van der Waals surface area contributed by atoms with Gasteiger partial charge in [0.25, 0.3) is 11.8 Å². The summed E-state index contributed by atoms with van der Waals surface area (Å²) in [5.41, 5.74) is 3.42. The Morgan fingerprint density at radius 1 is 0.815 bits per heavy atom. The van der Waals surface area contributed by atoms with E-state index in [1.54, 1.807) is 7.11 Å². The Labute approximate surface area is 160 Å². The molecule has 3 rings (SSSR count). The third-order valence-electron chi connectivity index (χ3n) is 4.95. The number of aryl methyl sites for hydroxylation is 2. The lowest BCUT2D eigenvalue weighted by molar-refractivity contribution is 0.0717. The van der Waals surface area contributed by atoms with Gasteiger partial charge < -0.3 is 14.5 Å². The molecule has 0 atom stereocenters. The van der Waals surface area contributed by atoms with E-state index in [1.165, 1.54) is 0 Å². The van der Waals surface area contributed by atoms with Crippen LogP contribution in [0.5, 0.6) is 5.75 Å². The van der Waals surface area contributed by atoms with E-state index in [0.29, 0.717) is 43.1 Å². The van der Waals surface area contributed by atoms with Gasteiger partial charge >= 0.3 is 0 Å². The molecule has 0 unspecified atom stereocenters. The summed E-state index contributed by atoms with van der Waals surface area (Å²) >= 11 is 0. The average Bonchev–Trinajstić information content (AvgIpc) is 2.93. The van der Waals surface area contributed by atoms with Crippen molar-refractivity contribution in [3.8, 4) is 5.75 Å². The van der Waals surface area contributed by atoms with Gasteiger partial charge in [-0.25, -0.2) is 0 Å². The summed E-state index contributed by atoms with van der Waals surface area (Å²) in [4.78, 5) is 29.4. The second-order valence-electron chi connectivity index (χ2n) is 7.01. The summed E-state index contributed by atoms with van der Waals surface area (Å²) in [5, 5.41) is 0. The van der Waals surface area contributed by atoms with Crippen molar-refractivity contribution in [1.82, 2.24) is 9.80 Å². The summed E-state index contributed by atoms with van der Waals surface area (Å²) in [6.07, 6.45) is 0.761. The Kier molecular flexibility index (Phi) is 5.79. The van der Waals surface area contributed by atoms with Gasteiger partial charge in [0.05, 0.1) is 12.7 Å². The molecule has 0 aliphatic carbocycles. The van der Waals surface area contributed by atoms with E-state index in [0.717, 1.165) is 17.5 Å². The van der Waals surface area contributed by atoms with Crippen LogP contribution in [0, 0.1) is 13.8 Å². The van der Waals surface area contributed by atoms with Gasteiger partial charge in [-0.1, -0.05) is 29.3 Å². The molecule has 0 saturated carbocycles. The molecule has 27 heavy (non-hydrogen) atoms. The van der Waals surface area contributed by atoms with Crippen LogP contribution in [0.2, 0.25) is 0 Å². The van der Waals surface area contributed by atoms with Gasteiger partial charge in [-0.05, 0) is 44.5 Å². The average molecular weight is 366 g/mol. The molecule has 2 aromatic carbocycles. The minimum Gasteiger partial charge on any atom is -0.496 e. The first-order valence-electron chi connectivity index (χ1n) is 9.29. The standard InChI is InChI=1S/C22H26N2O3/c1-16-5-8-18(9-6-16)21(25)23-11-4-12-24(14-13-23)22(26)19-15-17(2)7-10-20(19)27-3/h5-10,15H,4,11-14H2,1-3H3. The molecule has 1 fully saturated rings. The van der Waals surface area contributed by atoms with E-state index in [4.69, 9.17) is 4.74 Å². The number of carbonyl (C=O) groups is 2. The summed E-state index contributed by atoms with van der Waals surface area (Å²) in [7, 11) is 1.58. The molecule has 2 amide bonds. The molecule has 1 saturated heterocycles. The molecule has 0 N–H and O–H groups in total. The van der Waals surface area contributed by atoms with Crippen LogP contribution in [0.4, 0.5) is 0 Å². The van der Waals surface area contributed by atoms with Crippen LogP contribution in [0.25, 0.3) is 0 Å². The first-order chi connectivity index (χ1) is 13.0. The summed E-state index contributed by atoms with van der Waals surface area (Å²) in [6.45, 7) is 6.30. The second-order valence-corrected chi connectivity index (χ2v) is 7.01. The summed E-state index contributed by atoms with van der Waals surface area (Å²) in [5.74, 6) is 0.569. The van der Waals surface area contributed by atoms with Crippen molar-refractivity contribution in [2.24, 2.45) is 0 Å². The zero-order chi connectivity index (χ0) is 19.4. The predicted molar refractivity (Wildman–Crippen MR) is 105 cm³/mol. The lowest BCUT2D eigenvalue weighted by Crippen LogP contribution is -2.37. The van der Waals surface area contributed by atoms with Crippen LogP contribution in [0.3, 0.4) is 0 Å². The highest BCUT2D eigenvalue weighted by Gasteiger charge is 2.25. The lowest BCUT2D eigenvalue weighted by Gasteiger charge is -2.23. The third kappa shape index (κ3) is 4.30. The van der Waals surface area contributed by atoms with Crippen molar-refractivity contribution in [2.75, 3.05) is 33.3 Å². The van der Waals surface area contributed by atoms with Crippen LogP contribution in [0.15, 0.2) is 42.5 Å². The fourth-order valence-corrected chi connectivity index (χ4v) is 3.36. The highest BCUT2D eigenvalue weighted by atomic mass is 16.5. The Morgan fingerprint density at radius 3 is 2.04 bits per heavy atom. The number of ether oxygens (including phenoxy) is 1. The van der Waals surface area contributed by atoms with Gasteiger partial charge in [-0.3, -0.25) is 9.59 Å². The van der Waals surface area contributed by atoms with Crippen LogP contribution >= 0.6 is 0 Å². The Hall–Kier alpha value is -2.82. The zero-order valence-corrected chi connectivity index (χ0v) is 16.2. The topological polar surface area (TPSA) is 49.9 Å². The van der Waals surface area contributed by atoms with Crippen molar-refractivity contribution in [3.05, 3.63) is 64.7 Å². The smallest absolute Gasteiger partial charge is 0.257 e. The number of benzene rings is 2. The van der Waals surface area contributed by atoms with E-state index in [1.807, 2.05) is 66.1 Å². The first-order valence-corrected chi connectivity index (χ1v) is 9.29. The molecule has 1 aliphatic heterocycles. The van der Waals surface area contributed by atoms with Gasteiger partial charge in [0, 0.05) is 31.7 Å². The Morgan fingerprint density at radius 2 is 1.41 bits per heavy atom. The molecule has 2 aromatic rings. The number of hydrogen-bond donors (Lipinski definition) is 0. The fraction of sp³-hybridized carbons (Fsp3) is 0.364. The van der Waals surface area contributed by atoms with Crippen LogP contribution in [-0.4, -0.2) is 54.9 Å². The SMILES string of the molecule is COc1ccc(C)cc1C(=O)N1CCCN(C(=O)c2ccc(C)cc2)CC1. The Bertz CT molecular complexity index is 830. The van der Waals surface area contributed by atoms with Gasteiger partial charge in [-0.2, -0.15) is 0 Å². The lowest BCUT2D eigenvalue weighted by atomic mass is 10.1. The van der Waals surface area contributed by atoms with Crippen molar-refractivity contribution in [3.63, 3.8) is 0 Å². The van der Waals surface area contributed by atoms with E-state index < -0.39 is 0 Å². The van der Waals surface area contributed by atoms with E-state index in [9.17, 15) is 9.59 Å². The van der Waals surface area contributed by atoms with Crippen molar-refractivity contribution >= 4 is 11.8 Å². The Balaban J connectivity index is 1.71. The molecule has 0 spiro atoms. The molecule has 0 bridgehead atoms. The van der Waals surface area contributed by atoms with Crippen LogP contribution < -0.4 is 4.74 Å². The number of methoxy groups -OCH3 is 1. The van der Waals surface area contributed by atoms with Crippen molar-refractivity contribution < 1.29 is 14.3 Å². The minimum absolute atomic E-state index is 0.0254. The highest BCUT2D eigenvalue weighted by Crippen LogP contribution is 2.22. The maximum absolute atomic E-state index is 13.0. The third-order valence-corrected chi connectivity index (χ3v) is 4.95. The van der Waals surface area contributed by atoms with Gasteiger partial charge in [0.15, 0.2) is 0 Å². The molecular weight excluding hydrogens is 340 g/mol. The minimum atomic E-state index is -0.0415. The maximum atomic E-state index is 13.0. The van der Waals surface area contributed by atoms with Gasteiger partial charge in [0.1, 0.15) is 5.75 Å². The number of nitrogens with zero attached hydrogens (tertiary/aromatic N) is 2. The predicted octanol–water partition coefficient (Wildman–Crippen LogP) is 3.30. The second kappa shape index (κ2) is 8.25. The molecule has 1 heterocycles. The summed E-state index contributed by atoms with van der Waals surface area (Å²) < 4.78 is 5.36. The van der Waals surface area contributed by atoms with Gasteiger partial charge in [-0.15, -0.1) is 0 Å². The number of hydrogen-bond acceptors (Lipinski definition) is 3. The number of carbonyl (C=O) groups excluding carboxylic acids is 2. The number of rotatable bonds is 3. The molecule has 0 radical (unpaired) electrons. The normalized spacial score (nSPS) is 14.6. The fourth-order valence-electron chi connectivity index (χ4n) is 3.36. The van der Waals surface area contributed by atoms with Crippen molar-refractivity contribution in [2.45, 2.75) is 20.3 Å². The molecule has 5 nitrogen and oxygen atoms in total. The molecular formula is C22H26N2O3. The first kappa shape index (κ1) is 19.0. The molecule has 1 aliphatic rings. The van der Waals surface area contributed by atoms with E-state index in [-0.39, 0.29) is 11.8 Å². The largest absolute Gasteiger partial charge is 0.496 e. The monoisotopic (exact) mass is 366 g/mol. The van der Waals surface area contributed by atoms with Crippen LogP contribution in [-0.2, 0) is 0 Å². The van der Waals surface area contributed by atoms with Gasteiger partial charge in [0.2, 0.25) is 0 Å². The van der Waals surface area contributed by atoms with E-state index >= 15 is 0 Å². The molecule has 0 aromatic heterocycles. The van der Waals surface area contributed by atoms with E-state index in [2.05, 4.69) is 0 Å². The van der Waals surface area contributed by atoms with Crippen molar-refractivity contribution in [1.29, 1.82) is 0 Å². The molecule has 142 valence electrons. The quantitative estimate of drug-likeness (QED) is 0.837. The summed E-state index contributed by atoms with van der Waals surface area (Å²) in [6, 6.07) is 13.2. The molecule has 5 heteroatoms.